The van der Waals surface area contributed by atoms with Crippen molar-refractivity contribution in [2.24, 2.45) is 0 Å². The van der Waals surface area contributed by atoms with Crippen molar-refractivity contribution in [2.75, 3.05) is 0 Å². The summed E-state index contributed by atoms with van der Waals surface area (Å²) in [6.45, 7) is 4.62. The molecule has 0 amide bonds. The molecule has 0 aromatic heterocycles. The van der Waals surface area contributed by atoms with Crippen LogP contribution >= 0.6 is 17.0 Å². The summed E-state index contributed by atoms with van der Waals surface area (Å²) >= 11 is -5.60. The first-order valence-corrected chi connectivity index (χ1v) is 36.9. The predicted molar refractivity (Wildman–Crippen MR) is 261 cm³/mol. The van der Waals surface area contributed by atoms with Gasteiger partial charge in [-0.3, -0.25) is 0 Å². The van der Waals surface area contributed by atoms with Gasteiger partial charge in [0.2, 0.25) is 0 Å². The molecule has 0 N–H and O–H groups in total. The molecular weight excluding hydrogens is 863 g/mol. The van der Waals surface area contributed by atoms with E-state index in [4.69, 9.17) is 0 Å². The second-order valence-electron chi connectivity index (χ2n) is 17.0. The van der Waals surface area contributed by atoms with Gasteiger partial charge in [0.25, 0.3) is 0 Å². The quantitative estimate of drug-likeness (QED) is 0.113. The van der Waals surface area contributed by atoms with Gasteiger partial charge in [0.1, 0.15) is 0 Å². The minimum absolute atomic E-state index is 0.0749. The first-order chi connectivity index (χ1) is 29.4. The molecule has 8 aromatic carbocycles. The number of rotatable bonds is 11. The van der Waals surface area contributed by atoms with E-state index < -0.39 is 21.5 Å². The van der Waals surface area contributed by atoms with Crippen molar-refractivity contribution in [1.29, 1.82) is 0 Å². The average Bonchev–Trinajstić information content (AvgIpc) is 3.87. The van der Waals surface area contributed by atoms with Crippen molar-refractivity contribution in [3.63, 3.8) is 0 Å². The molecule has 0 aliphatic heterocycles. The Balaban J connectivity index is 1.30. The summed E-state index contributed by atoms with van der Waals surface area (Å²) in [7, 11) is 19.0. The molecule has 0 spiro atoms. The number of halogens is 2. The summed E-state index contributed by atoms with van der Waals surface area (Å²) in [5, 5.41) is 7.70. The van der Waals surface area contributed by atoms with E-state index in [1.54, 1.807) is 0 Å². The summed E-state index contributed by atoms with van der Waals surface area (Å²) in [5.74, 6) is -2.45. The van der Waals surface area contributed by atoms with Gasteiger partial charge in [-0.25, -0.2) is 0 Å². The summed E-state index contributed by atoms with van der Waals surface area (Å²) < 4.78 is -0.150. The van der Waals surface area contributed by atoms with Gasteiger partial charge in [0.05, 0.1) is 0 Å². The Morgan fingerprint density at radius 1 is 0.417 bits per heavy atom. The van der Waals surface area contributed by atoms with E-state index in [0.29, 0.717) is 0 Å². The van der Waals surface area contributed by atoms with Gasteiger partial charge in [-0.2, -0.15) is 0 Å². The topological polar surface area (TPSA) is 0 Å². The molecule has 0 fully saturated rings. The Bertz CT molecular complexity index is 2760. The van der Waals surface area contributed by atoms with Crippen LogP contribution in [0, 0.1) is 0 Å². The fourth-order valence-electron chi connectivity index (χ4n) is 11.3. The molecule has 0 radical (unpaired) electrons. The third-order valence-electron chi connectivity index (χ3n) is 13.5. The first-order valence-electron chi connectivity index (χ1n) is 21.7. The Hall–Kier alpha value is -4.56. The molecule has 4 heteroatoms. The van der Waals surface area contributed by atoms with Crippen LogP contribution in [0.25, 0.3) is 56.0 Å². The van der Waals surface area contributed by atoms with E-state index in [9.17, 15) is 17.0 Å². The fraction of sp³-hybridized carbons (Fsp3) is 0.143. The molecule has 295 valence electrons. The van der Waals surface area contributed by atoms with Crippen molar-refractivity contribution in [3.05, 3.63) is 215 Å². The SMILES string of the molecule is CCCC1=Cc2c(-c3cccc4ccccc34)cccc2[CH]1[Zr]([Cl])([Cl])([CH]1C(CCC)=Cc2c(-c3cccc4ccccc34)cccc21)[SiH](c1ccccc1)c1ccccc1. The van der Waals surface area contributed by atoms with Gasteiger partial charge in [-0.1, -0.05) is 0 Å². The molecule has 8 aromatic rings. The van der Waals surface area contributed by atoms with Crippen LogP contribution in [0.5, 0.6) is 0 Å². The van der Waals surface area contributed by atoms with Crippen LogP contribution in [0.3, 0.4) is 0 Å². The van der Waals surface area contributed by atoms with Crippen LogP contribution in [0.15, 0.2) is 193 Å². The molecule has 60 heavy (non-hydrogen) atoms. The van der Waals surface area contributed by atoms with E-state index in [0.717, 1.165) is 25.7 Å². The monoisotopic (exact) mass is 909 g/mol. The summed E-state index contributed by atoms with van der Waals surface area (Å²) in [4.78, 5) is 0. The molecule has 0 saturated heterocycles. The molecule has 2 unspecified atom stereocenters. The zero-order chi connectivity index (χ0) is 40.9. The molecule has 2 aliphatic carbocycles. The van der Waals surface area contributed by atoms with E-state index in [2.05, 4.69) is 208 Å². The van der Waals surface area contributed by atoms with Crippen molar-refractivity contribution in [1.82, 2.24) is 0 Å². The van der Waals surface area contributed by atoms with Crippen molar-refractivity contribution < 1.29 is 15.6 Å². The summed E-state index contributed by atoms with van der Waals surface area (Å²) in [5.41, 5.74) is 13.1. The number of hydrogen-bond donors (Lipinski definition) is 0. The van der Waals surface area contributed by atoms with Gasteiger partial charge in [-0.15, -0.1) is 0 Å². The van der Waals surface area contributed by atoms with Gasteiger partial charge in [0.15, 0.2) is 0 Å². The molecule has 0 bridgehead atoms. The van der Waals surface area contributed by atoms with Gasteiger partial charge in [0, 0.05) is 0 Å². The van der Waals surface area contributed by atoms with E-state index in [-0.39, 0.29) is 7.25 Å². The van der Waals surface area contributed by atoms with E-state index in [1.165, 1.54) is 87.6 Å². The van der Waals surface area contributed by atoms with Crippen molar-refractivity contribution in [3.8, 4) is 22.3 Å². The number of allylic oxidation sites excluding steroid dienone is 2. The maximum atomic E-state index is 9.50. The molecule has 0 heterocycles. The summed E-state index contributed by atoms with van der Waals surface area (Å²) in [6, 6.07) is 67.4. The Morgan fingerprint density at radius 3 is 1.22 bits per heavy atom. The fourth-order valence-corrected chi connectivity index (χ4v) is 61.2. The predicted octanol–water partition coefficient (Wildman–Crippen LogP) is 15.0. The Morgan fingerprint density at radius 2 is 0.783 bits per heavy atom. The van der Waals surface area contributed by atoms with Gasteiger partial charge >= 0.3 is 367 Å². The van der Waals surface area contributed by atoms with Crippen LogP contribution in [0.1, 0.15) is 69.0 Å². The van der Waals surface area contributed by atoms with Gasteiger partial charge in [-0.05, 0) is 0 Å². The average molecular weight is 912 g/mol. The zero-order valence-electron chi connectivity index (χ0n) is 34.3. The van der Waals surface area contributed by atoms with Crippen molar-refractivity contribution >= 4 is 67.0 Å². The molecule has 0 saturated carbocycles. The van der Waals surface area contributed by atoms with Crippen LogP contribution in [0.2, 0.25) is 0 Å². The number of hydrogen-bond acceptors (Lipinski definition) is 0. The van der Waals surface area contributed by atoms with Crippen LogP contribution in [0.4, 0.5) is 0 Å². The minimum atomic E-state index is -5.60. The van der Waals surface area contributed by atoms with E-state index in [1.807, 2.05) is 0 Å². The Labute approximate surface area is 364 Å². The third kappa shape index (κ3) is 6.41. The standard InChI is InChI=1S/2C22H19.C12H11Si.2ClH.Zr/c2*1-2-7-16-14-18-10-6-13-21(22(18)15-16)20-12-5-9-17-8-3-4-11-19(17)20;1-3-7-11(8-4-1)13-12-9-5-2-6-10-12;;;/h2*3-6,8-15H,2,7H2,1H3;1-10,13H;2*1H;/q;;;;;+2/p-2. The molecule has 2 atom stereocenters. The Kier molecular flexibility index (Phi) is 10.6. The van der Waals surface area contributed by atoms with Gasteiger partial charge < -0.3 is 0 Å². The van der Waals surface area contributed by atoms with Crippen molar-refractivity contribution in [2.45, 2.75) is 46.8 Å². The normalized spacial score (nSPS) is 16.6. The van der Waals surface area contributed by atoms with Crippen LogP contribution in [-0.2, 0) is 15.6 Å². The zero-order valence-corrected chi connectivity index (χ0v) is 39.4. The second-order valence-corrected chi connectivity index (χ2v) is 55.1. The number of fused-ring (bicyclic) bond motifs is 4. The molecule has 0 nitrogen and oxygen atoms in total. The molecule has 10 rings (SSSR count). The van der Waals surface area contributed by atoms with Crippen LogP contribution in [-0.4, -0.2) is 5.92 Å². The van der Waals surface area contributed by atoms with Crippen LogP contribution < -0.4 is 10.4 Å². The number of benzene rings is 8. The maximum absolute atomic E-state index is 9.50. The van der Waals surface area contributed by atoms with E-state index >= 15 is 0 Å². The first kappa shape index (κ1) is 39.6. The molecule has 2 aliphatic rings. The third-order valence-corrected chi connectivity index (χ3v) is 55.3. The second kappa shape index (κ2) is 16.0. The molecular formula is C56H49Cl2SiZr. The summed E-state index contributed by atoms with van der Waals surface area (Å²) in [6.07, 6.45) is 9.00.